The number of carbonyl (C=O) groups excluding carboxylic acids is 2. The number of ether oxygens (including phenoxy) is 1. The Labute approximate surface area is 127 Å². The van der Waals surface area contributed by atoms with Gasteiger partial charge in [0.2, 0.25) is 0 Å². The van der Waals surface area contributed by atoms with Crippen LogP contribution in [0.1, 0.15) is 5.56 Å². The molecule has 1 aliphatic rings. The van der Waals surface area contributed by atoms with Crippen LogP contribution in [0.25, 0.3) is 6.08 Å². The second-order valence-corrected chi connectivity index (χ2v) is 4.72. The molecule has 1 N–H and O–H groups in total. The Morgan fingerprint density at radius 2 is 1.68 bits per heavy atom. The summed E-state index contributed by atoms with van der Waals surface area (Å²) in [5.41, 5.74) is 3.93. The number of hydrogen-bond donors (Lipinski definition) is 1. The number of para-hydroxylation sites is 2. The van der Waals surface area contributed by atoms with Crippen molar-refractivity contribution in [3.8, 4) is 5.75 Å². The maximum atomic E-state index is 12.5. The normalized spacial score (nSPS) is 16.0. The fourth-order valence-corrected chi connectivity index (χ4v) is 2.26. The van der Waals surface area contributed by atoms with Gasteiger partial charge in [0.25, 0.3) is 11.8 Å². The van der Waals surface area contributed by atoms with Gasteiger partial charge in [-0.25, -0.2) is 5.01 Å². The molecule has 110 valence electrons. The lowest BCUT2D eigenvalue weighted by atomic mass is 10.1. The fraction of sp³-hybridized carbons (Fsp3) is 0.0588. The van der Waals surface area contributed by atoms with Gasteiger partial charge < -0.3 is 4.74 Å². The van der Waals surface area contributed by atoms with Crippen LogP contribution in [-0.4, -0.2) is 18.9 Å². The van der Waals surface area contributed by atoms with E-state index in [9.17, 15) is 9.59 Å². The topological polar surface area (TPSA) is 58.6 Å². The minimum absolute atomic E-state index is 0.0772. The molecule has 1 heterocycles. The fourth-order valence-electron chi connectivity index (χ4n) is 2.26. The van der Waals surface area contributed by atoms with Crippen LogP contribution in [0, 0.1) is 0 Å². The van der Waals surface area contributed by atoms with Crippen LogP contribution >= 0.6 is 0 Å². The van der Waals surface area contributed by atoms with Crippen molar-refractivity contribution in [2.45, 2.75) is 0 Å². The van der Waals surface area contributed by atoms with Gasteiger partial charge in [-0.3, -0.25) is 15.0 Å². The summed E-state index contributed by atoms with van der Waals surface area (Å²) in [6, 6.07) is 16.2. The molecule has 2 aromatic rings. The van der Waals surface area contributed by atoms with Gasteiger partial charge in [0.05, 0.1) is 12.8 Å². The van der Waals surface area contributed by atoms with Crippen LogP contribution in [0.3, 0.4) is 0 Å². The van der Waals surface area contributed by atoms with E-state index in [4.69, 9.17) is 4.74 Å². The molecule has 22 heavy (non-hydrogen) atoms. The molecular weight excluding hydrogens is 280 g/mol. The lowest BCUT2D eigenvalue weighted by Gasteiger charge is -2.13. The van der Waals surface area contributed by atoms with Gasteiger partial charge in [-0.2, -0.15) is 0 Å². The number of nitrogens with zero attached hydrogens (tertiary/aromatic N) is 1. The van der Waals surface area contributed by atoms with E-state index in [1.54, 1.807) is 49.6 Å². The minimum atomic E-state index is -0.431. The van der Waals surface area contributed by atoms with E-state index in [2.05, 4.69) is 5.43 Å². The number of anilines is 1. The number of hydrazine groups is 1. The van der Waals surface area contributed by atoms with Gasteiger partial charge >= 0.3 is 0 Å². The number of carbonyl (C=O) groups is 2. The van der Waals surface area contributed by atoms with Crippen LogP contribution in [0.4, 0.5) is 5.69 Å². The van der Waals surface area contributed by atoms with Crippen molar-refractivity contribution in [1.82, 2.24) is 5.43 Å². The molecule has 0 aromatic heterocycles. The largest absolute Gasteiger partial charge is 0.496 e. The number of rotatable bonds is 3. The predicted molar refractivity (Wildman–Crippen MR) is 83.0 cm³/mol. The Morgan fingerprint density at radius 1 is 1.00 bits per heavy atom. The zero-order valence-electron chi connectivity index (χ0n) is 11.9. The van der Waals surface area contributed by atoms with Gasteiger partial charge in [-0.1, -0.05) is 36.4 Å². The second-order valence-electron chi connectivity index (χ2n) is 4.72. The number of hydrogen-bond acceptors (Lipinski definition) is 3. The number of nitrogens with one attached hydrogen (secondary N) is 1. The molecule has 0 aliphatic carbocycles. The van der Waals surface area contributed by atoms with Gasteiger partial charge in [0.15, 0.2) is 0 Å². The summed E-state index contributed by atoms with van der Waals surface area (Å²) in [7, 11) is 1.55. The molecule has 3 rings (SSSR count). The molecule has 5 nitrogen and oxygen atoms in total. The van der Waals surface area contributed by atoms with Crippen molar-refractivity contribution in [3.05, 3.63) is 65.7 Å². The molecule has 2 aromatic carbocycles. The van der Waals surface area contributed by atoms with Crippen LogP contribution < -0.4 is 15.2 Å². The van der Waals surface area contributed by atoms with Crippen LogP contribution in [-0.2, 0) is 9.59 Å². The monoisotopic (exact) mass is 294 g/mol. The van der Waals surface area contributed by atoms with E-state index >= 15 is 0 Å². The highest BCUT2D eigenvalue weighted by atomic mass is 16.5. The quantitative estimate of drug-likeness (QED) is 0.697. The Morgan fingerprint density at radius 3 is 2.41 bits per heavy atom. The molecule has 0 radical (unpaired) electrons. The maximum Gasteiger partial charge on any atom is 0.282 e. The third kappa shape index (κ3) is 2.44. The number of benzene rings is 2. The summed E-state index contributed by atoms with van der Waals surface area (Å²) in [4.78, 5) is 24.5. The lowest BCUT2D eigenvalue weighted by molar-refractivity contribution is -0.117. The second kappa shape index (κ2) is 5.73. The van der Waals surface area contributed by atoms with E-state index < -0.39 is 5.91 Å². The van der Waals surface area contributed by atoms with Crippen LogP contribution in [0.5, 0.6) is 5.75 Å². The maximum absolute atomic E-state index is 12.5. The third-order valence-electron chi connectivity index (χ3n) is 3.34. The SMILES string of the molecule is COc1ccccc1/C=C1/C(=O)NN(c2ccccc2)C1=O. The molecule has 0 saturated carbocycles. The van der Waals surface area contributed by atoms with Crippen molar-refractivity contribution < 1.29 is 14.3 Å². The zero-order valence-corrected chi connectivity index (χ0v) is 11.9. The molecule has 0 unspecified atom stereocenters. The summed E-state index contributed by atoms with van der Waals surface area (Å²) in [5.74, 6) is -0.212. The Hall–Kier alpha value is -3.08. The summed E-state index contributed by atoms with van der Waals surface area (Å²) < 4.78 is 5.24. The first-order valence-corrected chi connectivity index (χ1v) is 6.76. The molecule has 1 saturated heterocycles. The summed E-state index contributed by atoms with van der Waals surface area (Å²) in [6.45, 7) is 0. The number of amides is 2. The highest BCUT2D eigenvalue weighted by Crippen LogP contribution is 2.24. The van der Waals surface area contributed by atoms with Gasteiger partial charge in [0.1, 0.15) is 11.3 Å². The summed E-state index contributed by atoms with van der Waals surface area (Å²) in [5, 5.41) is 1.24. The average Bonchev–Trinajstić information content (AvgIpc) is 2.84. The molecule has 5 heteroatoms. The highest BCUT2D eigenvalue weighted by Gasteiger charge is 2.34. The Kier molecular flexibility index (Phi) is 3.62. The van der Waals surface area contributed by atoms with E-state index in [-0.39, 0.29) is 11.5 Å². The van der Waals surface area contributed by atoms with E-state index in [1.807, 2.05) is 18.2 Å². The zero-order chi connectivity index (χ0) is 15.5. The van der Waals surface area contributed by atoms with Crippen LogP contribution in [0.15, 0.2) is 60.2 Å². The first-order valence-electron chi connectivity index (χ1n) is 6.76. The van der Waals surface area contributed by atoms with Crippen molar-refractivity contribution in [3.63, 3.8) is 0 Å². The van der Waals surface area contributed by atoms with Crippen molar-refractivity contribution in [2.75, 3.05) is 12.1 Å². The summed E-state index contributed by atoms with van der Waals surface area (Å²) >= 11 is 0. The molecule has 0 spiro atoms. The van der Waals surface area contributed by atoms with Gasteiger partial charge in [0, 0.05) is 5.56 Å². The van der Waals surface area contributed by atoms with Gasteiger partial charge in [-0.05, 0) is 24.3 Å². The first kappa shape index (κ1) is 13.9. The lowest BCUT2D eigenvalue weighted by Crippen LogP contribution is -2.35. The van der Waals surface area contributed by atoms with E-state index in [0.717, 1.165) is 0 Å². The van der Waals surface area contributed by atoms with Crippen molar-refractivity contribution in [2.24, 2.45) is 0 Å². The minimum Gasteiger partial charge on any atom is -0.496 e. The third-order valence-corrected chi connectivity index (χ3v) is 3.34. The average molecular weight is 294 g/mol. The smallest absolute Gasteiger partial charge is 0.282 e. The molecule has 0 bridgehead atoms. The summed E-state index contributed by atoms with van der Waals surface area (Å²) in [6.07, 6.45) is 1.54. The standard InChI is InChI=1S/C17H14N2O3/c1-22-15-10-6-5-7-12(15)11-14-16(20)18-19(17(14)21)13-8-3-2-4-9-13/h2-11H,1H3,(H,18,20)/b14-11-. The van der Waals surface area contributed by atoms with Gasteiger partial charge in [-0.15, -0.1) is 0 Å². The van der Waals surface area contributed by atoms with E-state index in [0.29, 0.717) is 17.0 Å². The molecule has 1 fully saturated rings. The van der Waals surface area contributed by atoms with Crippen molar-refractivity contribution in [1.29, 1.82) is 0 Å². The molecule has 1 aliphatic heterocycles. The predicted octanol–water partition coefficient (Wildman–Crippen LogP) is 2.16. The highest BCUT2D eigenvalue weighted by molar-refractivity contribution is 6.31. The first-order chi connectivity index (χ1) is 10.7. The van der Waals surface area contributed by atoms with E-state index in [1.165, 1.54) is 5.01 Å². The molecule has 0 atom stereocenters. The molecular formula is C17H14N2O3. The van der Waals surface area contributed by atoms with Crippen LogP contribution in [0.2, 0.25) is 0 Å². The Balaban J connectivity index is 1.97. The number of methoxy groups -OCH3 is 1. The molecule has 2 amide bonds. The Bertz CT molecular complexity index is 754. The van der Waals surface area contributed by atoms with Crippen molar-refractivity contribution >= 4 is 23.6 Å².